The van der Waals surface area contributed by atoms with Gasteiger partial charge in [0.15, 0.2) is 0 Å². The zero-order valence-electron chi connectivity index (χ0n) is 12.4. The van der Waals surface area contributed by atoms with Gasteiger partial charge >= 0.3 is 0 Å². The molecule has 1 aliphatic rings. The van der Waals surface area contributed by atoms with Crippen LogP contribution in [0, 0.1) is 20.8 Å². The molecule has 1 saturated heterocycles. The number of nitrogens with one attached hydrogen (secondary N) is 1. The Labute approximate surface area is 124 Å². The lowest BCUT2D eigenvalue weighted by atomic mass is 9.92. The molecule has 1 heterocycles. The Hall–Kier alpha value is -0.580. The van der Waals surface area contributed by atoms with E-state index in [2.05, 4.69) is 54.0 Å². The molecule has 3 nitrogen and oxygen atoms in total. The quantitative estimate of drug-likeness (QED) is 0.904. The minimum atomic E-state index is 0.374. The Kier molecular flexibility index (Phi) is 4.54. The van der Waals surface area contributed by atoms with E-state index in [0.717, 1.165) is 25.4 Å². The van der Waals surface area contributed by atoms with Crippen LogP contribution in [0.2, 0.25) is 0 Å². The van der Waals surface area contributed by atoms with Gasteiger partial charge in [0.1, 0.15) is 5.75 Å². The molecule has 2 rings (SSSR count). The van der Waals surface area contributed by atoms with Gasteiger partial charge in [-0.3, -0.25) is 4.90 Å². The van der Waals surface area contributed by atoms with E-state index in [4.69, 9.17) is 4.74 Å². The normalized spacial score (nSPS) is 20.6. The van der Waals surface area contributed by atoms with Gasteiger partial charge in [0.25, 0.3) is 0 Å². The number of piperazine rings is 1. The highest BCUT2D eigenvalue weighted by Gasteiger charge is 2.28. The molecule has 0 spiro atoms. The zero-order valence-corrected chi connectivity index (χ0v) is 14.0. The number of ether oxygens (including phenoxy) is 1. The fourth-order valence-electron chi connectivity index (χ4n) is 2.90. The molecule has 19 heavy (non-hydrogen) atoms. The Morgan fingerprint density at radius 1 is 1.21 bits per heavy atom. The van der Waals surface area contributed by atoms with Crippen LogP contribution in [0.5, 0.6) is 5.75 Å². The third kappa shape index (κ3) is 2.54. The van der Waals surface area contributed by atoms with E-state index in [-0.39, 0.29) is 0 Å². The third-order valence-corrected chi connectivity index (χ3v) is 5.45. The lowest BCUT2D eigenvalue weighted by molar-refractivity contribution is 0.197. The Morgan fingerprint density at radius 2 is 1.89 bits per heavy atom. The van der Waals surface area contributed by atoms with Crippen LogP contribution in [0.1, 0.15) is 28.3 Å². The summed E-state index contributed by atoms with van der Waals surface area (Å²) in [4.78, 5) is 2.41. The van der Waals surface area contributed by atoms with Crippen molar-refractivity contribution in [1.29, 1.82) is 0 Å². The molecule has 1 fully saturated rings. The molecule has 0 aromatic heterocycles. The van der Waals surface area contributed by atoms with E-state index in [1.54, 1.807) is 7.11 Å². The van der Waals surface area contributed by atoms with Crippen LogP contribution in [0.25, 0.3) is 0 Å². The van der Waals surface area contributed by atoms with Crippen LogP contribution in [0.4, 0.5) is 0 Å². The molecule has 1 aliphatic heterocycles. The monoisotopic (exact) mass is 326 g/mol. The van der Waals surface area contributed by atoms with Crippen molar-refractivity contribution < 1.29 is 4.74 Å². The predicted molar refractivity (Wildman–Crippen MR) is 83.1 cm³/mol. The average molecular weight is 327 g/mol. The van der Waals surface area contributed by atoms with Crippen molar-refractivity contribution in [2.45, 2.75) is 26.8 Å². The van der Waals surface area contributed by atoms with E-state index in [1.807, 2.05) is 0 Å². The zero-order chi connectivity index (χ0) is 14.2. The fraction of sp³-hybridized carbons (Fsp3) is 0.600. The van der Waals surface area contributed by atoms with Gasteiger partial charge in [-0.15, -0.1) is 0 Å². The molecule has 1 aromatic carbocycles. The molecule has 0 saturated carbocycles. The summed E-state index contributed by atoms with van der Waals surface area (Å²) in [7, 11) is 3.96. The molecule has 4 heteroatoms. The molecule has 1 atom stereocenters. The predicted octanol–water partition coefficient (Wildman–Crippen LogP) is 2.96. The molecule has 1 N–H and O–H groups in total. The van der Waals surface area contributed by atoms with Gasteiger partial charge in [-0.25, -0.2) is 0 Å². The maximum absolute atomic E-state index is 5.72. The molecule has 0 bridgehead atoms. The number of halogens is 1. The van der Waals surface area contributed by atoms with Gasteiger partial charge in [-0.05, 0) is 44.5 Å². The maximum Gasteiger partial charge on any atom is 0.127 e. The standard InChI is InChI=1S/C15H23BrN2O/c1-9-10(2)15(19-5)13(11(3)14(9)16)12-8-17-6-7-18(12)4/h12,17H,6-8H2,1-5H3. The number of nitrogens with zero attached hydrogens (tertiary/aromatic N) is 1. The molecule has 1 aromatic rings. The van der Waals surface area contributed by atoms with E-state index < -0.39 is 0 Å². The van der Waals surface area contributed by atoms with Crippen LogP contribution in [-0.4, -0.2) is 38.7 Å². The molecule has 0 radical (unpaired) electrons. The summed E-state index contributed by atoms with van der Waals surface area (Å²) in [6.45, 7) is 9.55. The van der Waals surface area contributed by atoms with Crippen LogP contribution in [0.15, 0.2) is 4.47 Å². The lowest BCUT2D eigenvalue weighted by Gasteiger charge is -2.36. The highest BCUT2D eigenvalue weighted by atomic mass is 79.9. The van der Waals surface area contributed by atoms with Crippen molar-refractivity contribution in [3.8, 4) is 5.75 Å². The summed E-state index contributed by atoms with van der Waals surface area (Å²) < 4.78 is 6.93. The van der Waals surface area contributed by atoms with E-state index >= 15 is 0 Å². The largest absolute Gasteiger partial charge is 0.496 e. The fourth-order valence-corrected chi connectivity index (χ4v) is 3.41. The Balaban J connectivity index is 2.60. The number of hydrogen-bond acceptors (Lipinski definition) is 3. The van der Waals surface area contributed by atoms with Crippen molar-refractivity contribution in [2.75, 3.05) is 33.8 Å². The highest BCUT2D eigenvalue weighted by molar-refractivity contribution is 9.10. The molecule has 106 valence electrons. The second-order valence-electron chi connectivity index (χ2n) is 5.34. The van der Waals surface area contributed by atoms with E-state index in [9.17, 15) is 0 Å². The van der Waals surface area contributed by atoms with E-state index in [1.165, 1.54) is 26.7 Å². The summed E-state index contributed by atoms with van der Waals surface area (Å²) in [5.74, 6) is 1.04. The Bertz CT molecular complexity index is 488. The third-order valence-electron chi connectivity index (χ3n) is 4.26. The smallest absolute Gasteiger partial charge is 0.127 e. The van der Waals surface area contributed by atoms with Gasteiger partial charge in [-0.2, -0.15) is 0 Å². The number of likely N-dealkylation sites (N-methyl/N-ethyl adjacent to an activating group) is 1. The van der Waals surface area contributed by atoms with Crippen LogP contribution >= 0.6 is 15.9 Å². The minimum Gasteiger partial charge on any atom is -0.496 e. The second-order valence-corrected chi connectivity index (χ2v) is 6.13. The highest BCUT2D eigenvalue weighted by Crippen LogP contribution is 2.41. The molecule has 0 aliphatic carbocycles. The molecular formula is C15H23BrN2O. The van der Waals surface area contributed by atoms with Crippen molar-refractivity contribution in [3.05, 3.63) is 26.7 Å². The van der Waals surface area contributed by atoms with Gasteiger partial charge < -0.3 is 10.1 Å². The second kappa shape index (κ2) is 5.81. The number of methoxy groups -OCH3 is 1. The summed E-state index contributed by atoms with van der Waals surface area (Å²) in [5.41, 5.74) is 5.10. The minimum absolute atomic E-state index is 0.374. The lowest BCUT2D eigenvalue weighted by Crippen LogP contribution is -2.44. The van der Waals surface area contributed by atoms with Crippen LogP contribution < -0.4 is 10.1 Å². The first-order valence-electron chi connectivity index (χ1n) is 6.73. The van der Waals surface area contributed by atoms with Crippen molar-refractivity contribution >= 4 is 15.9 Å². The van der Waals surface area contributed by atoms with Crippen molar-refractivity contribution in [2.24, 2.45) is 0 Å². The van der Waals surface area contributed by atoms with Crippen molar-refractivity contribution in [3.63, 3.8) is 0 Å². The summed E-state index contributed by atoms with van der Waals surface area (Å²) in [5, 5.41) is 3.48. The van der Waals surface area contributed by atoms with Gasteiger partial charge in [-0.1, -0.05) is 15.9 Å². The topological polar surface area (TPSA) is 24.5 Å². The molecular weight excluding hydrogens is 304 g/mol. The average Bonchev–Trinajstić information content (AvgIpc) is 2.41. The van der Waals surface area contributed by atoms with Crippen LogP contribution in [-0.2, 0) is 0 Å². The number of benzene rings is 1. The first kappa shape index (κ1) is 14.8. The van der Waals surface area contributed by atoms with Gasteiger partial charge in [0.05, 0.1) is 13.2 Å². The summed E-state index contributed by atoms with van der Waals surface area (Å²) in [6.07, 6.45) is 0. The maximum atomic E-state index is 5.72. The molecule has 0 amide bonds. The summed E-state index contributed by atoms with van der Waals surface area (Å²) >= 11 is 3.74. The number of hydrogen-bond donors (Lipinski definition) is 1. The van der Waals surface area contributed by atoms with Crippen LogP contribution in [0.3, 0.4) is 0 Å². The van der Waals surface area contributed by atoms with Gasteiger partial charge in [0.2, 0.25) is 0 Å². The summed E-state index contributed by atoms with van der Waals surface area (Å²) in [6, 6.07) is 0.374. The molecule has 1 unspecified atom stereocenters. The number of rotatable bonds is 2. The first-order chi connectivity index (χ1) is 8.99. The van der Waals surface area contributed by atoms with E-state index in [0.29, 0.717) is 6.04 Å². The van der Waals surface area contributed by atoms with Crippen molar-refractivity contribution in [1.82, 2.24) is 10.2 Å². The Morgan fingerprint density at radius 3 is 2.47 bits per heavy atom. The first-order valence-corrected chi connectivity index (χ1v) is 7.52. The SMILES string of the molecule is COc1c(C)c(C)c(Br)c(C)c1C1CNCCN1C. The van der Waals surface area contributed by atoms with Gasteiger partial charge in [0, 0.05) is 29.7 Å².